The predicted octanol–water partition coefficient (Wildman–Crippen LogP) is 7.19. The van der Waals surface area contributed by atoms with Crippen molar-refractivity contribution in [1.82, 2.24) is 10.6 Å². The van der Waals surface area contributed by atoms with Gasteiger partial charge in [-0.2, -0.15) is 0 Å². The van der Waals surface area contributed by atoms with E-state index in [1.165, 1.54) is 78.1 Å². The van der Waals surface area contributed by atoms with Gasteiger partial charge in [-0.25, -0.2) is 19.2 Å². The van der Waals surface area contributed by atoms with Crippen molar-refractivity contribution in [3.8, 4) is 0 Å². The van der Waals surface area contributed by atoms with Crippen LogP contribution in [0.3, 0.4) is 0 Å². The third-order valence-corrected chi connectivity index (χ3v) is 14.3. The van der Waals surface area contributed by atoms with Crippen LogP contribution in [0.25, 0.3) is 0 Å². The SMILES string of the molecule is CCOC(=O)C(CC(P(=O)(OCC)OCC)P(=O)(OCC)OCC)NC(=O)CCC(NC(=O)c1ccc(N(C)C(=O)OCC(Cl)(Cl)Cl)cc1)C(=O)OC(=O)c1ccccc1. The van der Waals surface area contributed by atoms with E-state index in [0.29, 0.717) is 0 Å². The first-order valence-electron chi connectivity index (χ1n) is 18.7. The molecule has 0 bridgehead atoms. The van der Waals surface area contributed by atoms with Crippen molar-refractivity contribution in [2.75, 3.05) is 51.6 Å². The molecule has 0 aliphatic rings. The van der Waals surface area contributed by atoms with E-state index < -0.39 is 98.2 Å². The maximum Gasteiger partial charge on any atom is 0.414 e. The molecule has 3 amide bonds. The Morgan fingerprint density at radius 2 is 1.22 bits per heavy atom. The fourth-order valence-corrected chi connectivity index (χ4v) is 10.8. The van der Waals surface area contributed by atoms with E-state index in [2.05, 4.69) is 10.6 Å². The highest BCUT2D eigenvalue weighted by atomic mass is 35.6. The number of carbonyl (C=O) groups is 6. The number of ether oxygens (including phenoxy) is 3. The van der Waals surface area contributed by atoms with E-state index in [-0.39, 0.29) is 49.8 Å². The first kappa shape index (κ1) is 52.6. The monoisotopic (exact) mass is 943 g/mol. The molecule has 334 valence electrons. The Bertz CT molecular complexity index is 1800. The number of halogens is 3. The molecule has 2 aromatic carbocycles. The van der Waals surface area contributed by atoms with Crippen LogP contribution in [-0.2, 0) is 55.8 Å². The van der Waals surface area contributed by atoms with E-state index in [4.69, 9.17) is 67.1 Å². The molecule has 0 aliphatic carbocycles. The third kappa shape index (κ3) is 16.7. The van der Waals surface area contributed by atoms with Gasteiger partial charge >= 0.3 is 39.2 Å². The largest absolute Gasteiger partial charge is 0.464 e. The highest BCUT2D eigenvalue weighted by molar-refractivity contribution is 7.72. The van der Waals surface area contributed by atoms with E-state index in [0.717, 1.165) is 4.90 Å². The van der Waals surface area contributed by atoms with Crippen molar-refractivity contribution < 1.29 is 70.2 Å². The quantitative estimate of drug-likeness (QED) is 0.0349. The van der Waals surface area contributed by atoms with E-state index in [9.17, 15) is 37.9 Å². The topological polar surface area (TPSA) is 228 Å². The van der Waals surface area contributed by atoms with Crippen molar-refractivity contribution in [3.05, 3.63) is 65.7 Å². The minimum absolute atomic E-state index is 0.00656. The summed E-state index contributed by atoms with van der Waals surface area (Å²) < 4.78 is 63.6. The second kappa shape index (κ2) is 25.4. The minimum Gasteiger partial charge on any atom is -0.464 e. The molecule has 2 atom stereocenters. The number of benzene rings is 2. The van der Waals surface area contributed by atoms with Crippen molar-refractivity contribution in [1.29, 1.82) is 0 Å². The Hall–Kier alpha value is -3.57. The predicted molar refractivity (Wildman–Crippen MR) is 223 cm³/mol. The fourth-order valence-electron chi connectivity index (χ4n) is 5.25. The third-order valence-electron chi connectivity index (χ3n) is 7.92. The number of anilines is 1. The molecule has 2 unspecified atom stereocenters. The Morgan fingerprint density at radius 3 is 1.70 bits per heavy atom. The zero-order chi connectivity index (χ0) is 45.1. The second-order valence-corrected chi connectivity index (χ2v) is 19.6. The van der Waals surface area contributed by atoms with Crippen molar-refractivity contribution in [3.63, 3.8) is 0 Å². The standard InChI is InChI=1S/C37H50Cl3N3O15P2/c1-7-52-34(47)29(23-31(59(50,54-8-2)55-9-3)60(51,56-10-4)57-11-5)41-30(44)22-21-28(35(48)58-33(46)26-15-13-12-14-16-26)42-32(45)25-17-19-27(20-18-25)43(6)36(49)53-24-37(38,39)40/h12-20,28-29,31H,7-11,21-24H2,1-6H3,(H,41,44)(H,42,45). The maximum atomic E-state index is 14.2. The second-order valence-electron chi connectivity index (χ2n) is 12.3. The zero-order valence-electron chi connectivity index (χ0n) is 33.9. The van der Waals surface area contributed by atoms with E-state index in [1.807, 2.05) is 0 Å². The summed E-state index contributed by atoms with van der Waals surface area (Å²) in [4.78, 5) is 80.0. The summed E-state index contributed by atoms with van der Waals surface area (Å²) in [6.07, 6.45) is -2.55. The smallest absolute Gasteiger partial charge is 0.414 e. The van der Waals surface area contributed by atoms with Gasteiger partial charge in [-0.1, -0.05) is 53.0 Å². The number of carbonyl (C=O) groups excluding carboxylic acids is 6. The van der Waals surface area contributed by atoms with Crippen LogP contribution in [0.1, 0.15) is 74.6 Å². The molecule has 0 spiro atoms. The summed E-state index contributed by atoms with van der Waals surface area (Å²) in [5.74, 6) is -4.97. The molecular formula is C37H50Cl3N3O15P2. The first-order valence-corrected chi connectivity index (χ1v) is 23.1. The minimum atomic E-state index is -4.37. The highest BCUT2D eigenvalue weighted by Gasteiger charge is 2.52. The molecular weight excluding hydrogens is 895 g/mol. The van der Waals surface area contributed by atoms with Crippen LogP contribution < -0.4 is 15.5 Å². The van der Waals surface area contributed by atoms with Crippen LogP contribution in [0.5, 0.6) is 0 Å². The van der Waals surface area contributed by atoms with Gasteiger partial charge in [-0.15, -0.1) is 0 Å². The molecule has 2 N–H and O–H groups in total. The summed E-state index contributed by atoms with van der Waals surface area (Å²) in [5.41, 5.74) is 0.298. The number of hydrogen-bond acceptors (Lipinski definition) is 15. The molecule has 0 aromatic heterocycles. The van der Waals surface area contributed by atoms with Crippen LogP contribution >= 0.6 is 50.0 Å². The van der Waals surface area contributed by atoms with Crippen LogP contribution in [-0.4, -0.2) is 104 Å². The summed E-state index contributed by atoms with van der Waals surface area (Å²) in [6.45, 7) is 6.37. The number of nitrogens with zero attached hydrogens (tertiary/aromatic N) is 1. The maximum absolute atomic E-state index is 14.2. The number of nitrogens with one attached hydrogen (secondary N) is 2. The van der Waals surface area contributed by atoms with Gasteiger partial charge < -0.3 is 42.9 Å². The first-order chi connectivity index (χ1) is 28.3. The van der Waals surface area contributed by atoms with E-state index >= 15 is 0 Å². The average molecular weight is 945 g/mol. The molecule has 18 nitrogen and oxygen atoms in total. The van der Waals surface area contributed by atoms with Gasteiger partial charge in [0.05, 0.1) is 38.6 Å². The van der Waals surface area contributed by atoms with Crippen LogP contribution in [0.2, 0.25) is 0 Å². The van der Waals surface area contributed by atoms with Crippen LogP contribution in [0.15, 0.2) is 54.6 Å². The molecule has 0 radical (unpaired) electrons. The number of rotatable bonds is 24. The lowest BCUT2D eigenvalue weighted by molar-refractivity contribution is -0.147. The molecule has 0 fully saturated rings. The van der Waals surface area contributed by atoms with Gasteiger partial charge in [0.25, 0.3) is 5.91 Å². The number of hydrogen-bond donors (Lipinski definition) is 2. The summed E-state index contributed by atoms with van der Waals surface area (Å²) >= 11 is 16.9. The Morgan fingerprint density at radius 1 is 0.683 bits per heavy atom. The number of esters is 3. The molecule has 60 heavy (non-hydrogen) atoms. The van der Waals surface area contributed by atoms with Gasteiger partial charge in [-0.3, -0.25) is 23.6 Å². The Balaban J connectivity index is 2.40. The fraction of sp³-hybridized carbons (Fsp3) is 0.514. The average Bonchev–Trinajstić information content (AvgIpc) is 3.20. The molecule has 0 saturated heterocycles. The summed E-state index contributed by atoms with van der Waals surface area (Å²) in [5, 5.41) is 3.21. The normalized spacial score (nSPS) is 12.8. The lowest BCUT2D eigenvalue weighted by atomic mass is 10.1. The summed E-state index contributed by atoms with van der Waals surface area (Å²) in [7, 11) is -7.37. The molecule has 2 rings (SSSR count). The van der Waals surface area contributed by atoms with Crippen molar-refractivity contribution in [2.24, 2.45) is 0 Å². The molecule has 0 saturated carbocycles. The molecule has 0 aliphatic heterocycles. The number of alkyl halides is 3. The van der Waals surface area contributed by atoms with Gasteiger partial charge in [-0.05, 0) is 77.4 Å². The van der Waals surface area contributed by atoms with Crippen molar-refractivity contribution >= 4 is 91.5 Å². The number of amides is 3. The highest BCUT2D eigenvalue weighted by Crippen LogP contribution is 2.71. The van der Waals surface area contributed by atoms with E-state index in [1.54, 1.807) is 18.2 Å². The Labute approximate surface area is 363 Å². The van der Waals surface area contributed by atoms with Crippen LogP contribution in [0, 0.1) is 0 Å². The summed E-state index contributed by atoms with van der Waals surface area (Å²) in [6, 6.07) is 9.70. The van der Waals surface area contributed by atoms with Gasteiger partial charge in [0.15, 0.2) is 5.40 Å². The zero-order valence-corrected chi connectivity index (χ0v) is 37.9. The van der Waals surface area contributed by atoms with Gasteiger partial charge in [0.2, 0.25) is 9.70 Å². The molecule has 23 heteroatoms. The van der Waals surface area contributed by atoms with Crippen molar-refractivity contribution in [2.45, 2.75) is 75.2 Å². The van der Waals surface area contributed by atoms with Gasteiger partial charge in [0.1, 0.15) is 18.7 Å². The molecule has 2 aromatic rings. The van der Waals surface area contributed by atoms with Gasteiger partial charge in [0, 0.05) is 31.1 Å². The van der Waals surface area contributed by atoms with Crippen LogP contribution in [0.4, 0.5) is 10.5 Å². The molecule has 0 heterocycles. The lowest BCUT2D eigenvalue weighted by Crippen LogP contribution is -2.46. The lowest BCUT2D eigenvalue weighted by Gasteiger charge is -2.33. The Kier molecular flexibility index (Phi) is 22.2.